The molecular formula is C28H46ClFN2O2Si. The van der Waals surface area contributed by atoms with Gasteiger partial charge < -0.3 is 19.4 Å². The molecule has 35 heavy (non-hydrogen) atoms. The molecule has 1 saturated heterocycles. The number of hydrogen-bond acceptors (Lipinski definition) is 4. The predicted octanol–water partition coefficient (Wildman–Crippen LogP) is 7.69. The summed E-state index contributed by atoms with van der Waals surface area (Å²) in [5.41, 5.74) is 2.59. The summed E-state index contributed by atoms with van der Waals surface area (Å²) in [7, 11) is -1.97. The van der Waals surface area contributed by atoms with E-state index in [0.717, 1.165) is 18.7 Å². The molecule has 1 aromatic rings. The van der Waals surface area contributed by atoms with Gasteiger partial charge in [-0.1, -0.05) is 66.0 Å². The normalized spacial score (nSPS) is 24.3. The van der Waals surface area contributed by atoms with Crippen LogP contribution >= 0.6 is 11.6 Å². The van der Waals surface area contributed by atoms with Gasteiger partial charge in [0.05, 0.1) is 11.6 Å². The maximum absolute atomic E-state index is 15.3. The van der Waals surface area contributed by atoms with E-state index < -0.39 is 8.32 Å². The van der Waals surface area contributed by atoms with E-state index in [1.54, 1.807) is 6.07 Å². The maximum Gasteiger partial charge on any atom is 0.200 e. The average Bonchev–Trinajstić information content (AvgIpc) is 2.77. The highest BCUT2D eigenvalue weighted by molar-refractivity contribution is 6.77. The number of hydrogen-bond donors (Lipinski definition) is 1. The smallest absolute Gasteiger partial charge is 0.200 e. The van der Waals surface area contributed by atoms with Crippen LogP contribution in [-0.2, 0) is 4.43 Å². The fraction of sp³-hybridized carbons (Fsp3) is 0.786. The van der Waals surface area contributed by atoms with Crippen molar-refractivity contribution < 1.29 is 13.6 Å². The van der Waals surface area contributed by atoms with Crippen molar-refractivity contribution >= 4 is 25.6 Å². The Hall–Kier alpha value is -0.823. The van der Waals surface area contributed by atoms with Crippen LogP contribution in [0.3, 0.4) is 0 Å². The van der Waals surface area contributed by atoms with Crippen molar-refractivity contribution in [2.75, 3.05) is 24.7 Å². The van der Waals surface area contributed by atoms with Gasteiger partial charge in [-0.15, -0.1) is 0 Å². The molecule has 0 bridgehead atoms. The summed E-state index contributed by atoms with van der Waals surface area (Å²) >= 11 is 6.63. The van der Waals surface area contributed by atoms with Gasteiger partial charge in [0.1, 0.15) is 6.61 Å². The zero-order chi connectivity index (χ0) is 25.4. The van der Waals surface area contributed by atoms with E-state index >= 15 is 4.39 Å². The molecule has 1 aromatic carbocycles. The van der Waals surface area contributed by atoms with Gasteiger partial charge in [-0.2, -0.15) is 0 Å². The van der Waals surface area contributed by atoms with E-state index in [1.807, 2.05) is 6.07 Å². The quantitative estimate of drug-likeness (QED) is 0.265. The van der Waals surface area contributed by atoms with Crippen LogP contribution in [0.4, 0.5) is 10.1 Å². The Labute approximate surface area is 218 Å². The highest BCUT2D eigenvalue weighted by atomic mass is 35.5. The molecule has 7 heteroatoms. The topological polar surface area (TPSA) is 33.7 Å². The second-order valence-electron chi connectivity index (χ2n) is 12.1. The third-order valence-electron chi connectivity index (χ3n) is 9.11. The largest absolute Gasteiger partial charge is 0.487 e. The molecular weight excluding hydrogens is 479 g/mol. The molecule has 0 unspecified atom stereocenters. The maximum atomic E-state index is 15.3. The molecule has 1 N–H and O–H groups in total. The molecule has 1 spiro atoms. The van der Waals surface area contributed by atoms with Crippen LogP contribution in [-0.4, -0.2) is 45.7 Å². The first-order valence-electron chi connectivity index (χ1n) is 13.9. The van der Waals surface area contributed by atoms with Crippen molar-refractivity contribution in [2.45, 2.75) is 121 Å². The standard InChI is InChI=1S/C28H46ClFN2O2Si/c1-19(2)35(20(3)4,21(5)6)34-15-14-33-27-23(29)16-22(17-24(27)30)32-18-28(12-9-13-28)31-25-10-7-8-11-26(25)32/h16-17,19-21,25-26,31H,7-15,18H2,1-6H3/t25-,26-/m0/s1. The summed E-state index contributed by atoms with van der Waals surface area (Å²) in [4.78, 5) is 2.44. The molecule has 0 radical (unpaired) electrons. The Morgan fingerprint density at radius 3 is 2.26 bits per heavy atom. The lowest BCUT2D eigenvalue weighted by molar-refractivity contribution is 0.105. The fourth-order valence-corrected chi connectivity index (χ4v) is 13.1. The summed E-state index contributed by atoms with van der Waals surface area (Å²) in [6.07, 6.45) is 8.55. The highest BCUT2D eigenvalue weighted by Gasteiger charge is 2.48. The van der Waals surface area contributed by atoms with E-state index in [4.69, 9.17) is 20.8 Å². The molecule has 3 fully saturated rings. The molecule has 3 aliphatic rings. The van der Waals surface area contributed by atoms with E-state index in [-0.39, 0.29) is 17.1 Å². The highest BCUT2D eigenvalue weighted by Crippen LogP contribution is 2.44. The molecule has 1 heterocycles. The van der Waals surface area contributed by atoms with Crippen molar-refractivity contribution in [1.29, 1.82) is 0 Å². The SMILES string of the molecule is CC(C)[Si](OCCOc1c(F)cc(N2CC3(CCC3)N[C@H]3CCCC[C@@H]32)cc1Cl)(C(C)C)C(C)C. The lowest BCUT2D eigenvalue weighted by Crippen LogP contribution is -2.72. The van der Waals surface area contributed by atoms with Crippen LogP contribution in [0.5, 0.6) is 5.75 Å². The van der Waals surface area contributed by atoms with Crippen molar-refractivity contribution in [1.82, 2.24) is 5.32 Å². The zero-order valence-corrected chi connectivity index (χ0v) is 24.4. The minimum atomic E-state index is -1.97. The van der Waals surface area contributed by atoms with Gasteiger partial charge in [-0.25, -0.2) is 4.39 Å². The molecule has 0 amide bonds. The Morgan fingerprint density at radius 2 is 1.69 bits per heavy atom. The molecule has 1 aliphatic heterocycles. The van der Waals surface area contributed by atoms with E-state index in [9.17, 15) is 0 Å². The van der Waals surface area contributed by atoms with Crippen molar-refractivity contribution in [3.05, 3.63) is 23.0 Å². The van der Waals surface area contributed by atoms with Gasteiger partial charge in [0.2, 0.25) is 0 Å². The summed E-state index contributed by atoms with van der Waals surface area (Å²) < 4.78 is 27.8. The molecule has 4 rings (SSSR count). The van der Waals surface area contributed by atoms with Gasteiger partial charge in [-0.05, 0) is 54.8 Å². The van der Waals surface area contributed by atoms with Gasteiger partial charge in [-0.3, -0.25) is 0 Å². The molecule has 2 saturated carbocycles. The monoisotopic (exact) mass is 524 g/mol. The van der Waals surface area contributed by atoms with Gasteiger partial charge in [0, 0.05) is 35.9 Å². The minimum Gasteiger partial charge on any atom is -0.487 e. The second kappa shape index (κ2) is 10.9. The minimum absolute atomic E-state index is 0.151. The molecule has 4 nitrogen and oxygen atoms in total. The molecule has 2 aliphatic carbocycles. The summed E-state index contributed by atoms with van der Waals surface area (Å²) in [6, 6.07) is 4.45. The first-order chi connectivity index (χ1) is 16.6. The Balaban J connectivity index is 1.45. The van der Waals surface area contributed by atoms with Crippen LogP contribution in [0.25, 0.3) is 0 Å². The van der Waals surface area contributed by atoms with Crippen LogP contribution < -0.4 is 15.0 Å². The van der Waals surface area contributed by atoms with E-state index in [1.165, 1.54) is 38.5 Å². The average molecular weight is 525 g/mol. The van der Waals surface area contributed by atoms with E-state index in [2.05, 4.69) is 51.8 Å². The third-order valence-corrected chi connectivity index (χ3v) is 15.5. The van der Waals surface area contributed by atoms with Crippen LogP contribution in [0.1, 0.15) is 86.5 Å². The van der Waals surface area contributed by atoms with Gasteiger partial charge in [0.15, 0.2) is 19.9 Å². The number of rotatable bonds is 9. The van der Waals surface area contributed by atoms with Crippen molar-refractivity contribution in [3.8, 4) is 5.75 Å². The van der Waals surface area contributed by atoms with Gasteiger partial charge in [0.25, 0.3) is 0 Å². The summed E-state index contributed by atoms with van der Waals surface area (Å²) in [5, 5.41) is 4.33. The number of benzene rings is 1. The number of anilines is 1. The number of nitrogens with zero attached hydrogens (tertiary/aromatic N) is 1. The van der Waals surface area contributed by atoms with Crippen LogP contribution in [0.2, 0.25) is 21.6 Å². The van der Waals surface area contributed by atoms with Crippen LogP contribution in [0.15, 0.2) is 12.1 Å². The molecule has 0 aromatic heterocycles. The zero-order valence-electron chi connectivity index (χ0n) is 22.6. The predicted molar refractivity (Wildman–Crippen MR) is 147 cm³/mol. The summed E-state index contributed by atoms with van der Waals surface area (Å²) in [6.45, 7) is 15.3. The lowest BCUT2D eigenvalue weighted by atomic mass is 9.71. The number of fused-ring (bicyclic) bond motifs is 1. The molecule has 198 valence electrons. The van der Waals surface area contributed by atoms with Crippen molar-refractivity contribution in [2.24, 2.45) is 0 Å². The number of nitrogens with one attached hydrogen (secondary N) is 1. The Kier molecular flexibility index (Phi) is 8.46. The fourth-order valence-electron chi connectivity index (χ4n) is 7.44. The Bertz CT molecular complexity index is 832. The second-order valence-corrected chi connectivity index (χ2v) is 18.0. The first-order valence-corrected chi connectivity index (χ1v) is 16.4. The van der Waals surface area contributed by atoms with Gasteiger partial charge >= 0.3 is 0 Å². The third kappa shape index (κ3) is 5.28. The number of ether oxygens (including phenoxy) is 1. The Morgan fingerprint density at radius 1 is 1.03 bits per heavy atom. The number of piperazine rings is 1. The van der Waals surface area contributed by atoms with Crippen molar-refractivity contribution in [3.63, 3.8) is 0 Å². The summed E-state index contributed by atoms with van der Waals surface area (Å²) in [5.74, 6) is -0.222. The lowest BCUT2D eigenvalue weighted by Gasteiger charge is -2.58. The molecule has 2 atom stereocenters. The number of halogens is 2. The first kappa shape index (κ1) is 27.2. The van der Waals surface area contributed by atoms with Crippen LogP contribution in [0, 0.1) is 5.82 Å². The van der Waals surface area contributed by atoms with E-state index in [0.29, 0.717) is 46.9 Å².